The lowest BCUT2D eigenvalue weighted by Gasteiger charge is -2.06. The highest BCUT2D eigenvalue weighted by atomic mass is 16.1. The molecule has 0 unspecified atom stereocenters. The molecule has 0 aliphatic rings. The lowest BCUT2D eigenvalue weighted by Crippen LogP contribution is -2.11. The van der Waals surface area contributed by atoms with Gasteiger partial charge in [0.05, 0.1) is 11.8 Å². The van der Waals surface area contributed by atoms with E-state index in [1.165, 1.54) is 11.1 Å². The summed E-state index contributed by atoms with van der Waals surface area (Å²) >= 11 is 0. The van der Waals surface area contributed by atoms with Crippen LogP contribution in [0.1, 0.15) is 21.5 Å². The quantitative estimate of drug-likeness (QED) is 0.594. The summed E-state index contributed by atoms with van der Waals surface area (Å²) in [5, 5.41) is 10.4. The first kappa shape index (κ1) is 15.2. The van der Waals surface area contributed by atoms with Crippen LogP contribution in [0.4, 0.5) is 5.82 Å². The zero-order chi connectivity index (χ0) is 17.2. The lowest BCUT2D eigenvalue weighted by atomic mass is 10.1. The molecule has 1 amide bonds. The van der Waals surface area contributed by atoms with Gasteiger partial charge in [0, 0.05) is 29.7 Å². The Kier molecular flexibility index (Phi) is 3.82. The first-order valence-corrected chi connectivity index (χ1v) is 8.15. The second-order valence-corrected chi connectivity index (χ2v) is 6.10. The van der Waals surface area contributed by atoms with Gasteiger partial charge in [0.25, 0.3) is 5.91 Å². The van der Waals surface area contributed by atoms with Crippen LogP contribution in [0.25, 0.3) is 10.9 Å². The van der Waals surface area contributed by atoms with Gasteiger partial charge >= 0.3 is 0 Å². The van der Waals surface area contributed by atoms with Crippen LogP contribution in [-0.2, 0) is 6.54 Å². The van der Waals surface area contributed by atoms with E-state index in [0.717, 1.165) is 17.4 Å². The van der Waals surface area contributed by atoms with Crippen molar-refractivity contribution in [3.63, 3.8) is 0 Å². The normalized spacial score (nSPS) is 10.9. The fourth-order valence-corrected chi connectivity index (χ4v) is 2.96. The number of rotatable bonds is 4. The predicted molar refractivity (Wildman–Crippen MR) is 98.8 cm³/mol. The van der Waals surface area contributed by atoms with E-state index in [1.807, 2.05) is 30.5 Å². The maximum absolute atomic E-state index is 12.7. The number of amides is 1. The van der Waals surface area contributed by atoms with Gasteiger partial charge in [-0.05, 0) is 18.6 Å². The summed E-state index contributed by atoms with van der Waals surface area (Å²) in [6.45, 7) is 2.80. The van der Waals surface area contributed by atoms with Crippen molar-refractivity contribution < 1.29 is 4.79 Å². The van der Waals surface area contributed by atoms with E-state index in [2.05, 4.69) is 51.3 Å². The maximum atomic E-state index is 12.7. The van der Waals surface area contributed by atoms with Gasteiger partial charge in [0.2, 0.25) is 0 Å². The molecule has 0 aliphatic heterocycles. The number of nitrogens with one attached hydrogen (secondary N) is 2. The van der Waals surface area contributed by atoms with Crippen LogP contribution < -0.4 is 5.32 Å². The van der Waals surface area contributed by atoms with Gasteiger partial charge in [-0.15, -0.1) is 0 Å². The van der Waals surface area contributed by atoms with Gasteiger partial charge in [-0.1, -0.05) is 48.0 Å². The fourth-order valence-electron chi connectivity index (χ4n) is 2.96. The molecule has 2 aromatic heterocycles. The molecule has 0 bridgehead atoms. The highest BCUT2D eigenvalue weighted by Gasteiger charge is 2.15. The molecular formula is C20H18N4O. The molecule has 4 rings (SSSR count). The molecule has 2 N–H and O–H groups in total. The lowest BCUT2D eigenvalue weighted by molar-refractivity contribution is 0.102. The second-order valence-electron chi connectivity index (χ2n) is 6.10. The molecule has 0 radical (unpaired) electrons. The maximum Gasteiger partial charge on any atom is 0.258 e. The molecular weight excluding hydrogens is 312 g/mol. The van der Waals surface area contributed by atoms with Gasteiger partial charge in [-0.3, -0.25) is 9.89 Å². The zero-order valence-corrected chi connectivity index (χ0v) is 13.9. The molecule has 0 saturated heterocycles. The Morgan fingerprint density at radius 2 is 1.92 bits per heavy atom. The third-order valence-electron chi connectivity index (χ3n) is 4.26. The van der Waals surface area contributed by atoms with Gasteiger partial charge in [-0.2, -0.15) is 5.10 Å². The average Bonchev–Trinajstić information content (AvgIpc) is 3.25. The van der Waals surface area contributed by atoms with Gasteiger partial charge in [0.1, 0.15) is 5.82 Å². The Morgan fingerprint density at radius 3 is 2.68 bits per heavy atom. The van der Waals surface area contributed by atoms with E-state index in [1.54, 1.807) is 12.3 Å². The van der Waals surface area contributed by atoms with Crippen molar-refractivity contribution in [1.29, 1.82) is 0 Å². The molecule has 5 heteroatoms. The number of aromatic nitrogens is 3. The highest BCUT2D eigenvalue weighted by Crippen LogP contribution is 2.23. The van der Waals surface area contributed by atoms with Gasteiger partial charge < -0.3 is 9.88 Å². The summed E-state index contributed by atoms with van der Waals surface area (Å²) < 4.78 is 2.11. The van der Waals surface area contributed by atoms with Crippen LogP contribution in [0.3, 0.4) is 0 Å². The molecule has 0 spiro atoms. The van der Waals surface area contributed by atoms with Gasteiger partial charge in [-0.25, -0.2) is 0 Å². The minimum absolute atomic E-state index is 0.150. The van der Waals surface area contributed by atoms with Crippen molar-refractivity contribution in [2.24, 2.45) is 0 Å². The number of anilines is 1. The second kappa shape index (κ2) is 6.28. The third kappa shape index (κ3) is 3.04. The summed E-state index contributed by atoms with van der Waals surface area (Å²) in [5.41, 5.74) is 4.13. The molecule has 25 heavy (non-hydrogen) atoms. The smallest absolute Gasteiger partial charge is 0.258 e. The number of fused-ring (bicyclic) bond motifs is 1. The number of aromatic amines is 1. The van der Waals surface area contributed by atoms with E-state index in [9.17, 15) is 4.79 Å². The van der Waals surface area contributed by atoms with Crippen LogP contribution in [0.15, 0.2) is 67.0 Å². The number of hydrogen-bond donors (Lipinski definition) is 2. The Hall–Kier alpha value is -3.34. The van der Waals surface area contributed by atoms with Crippen molar-refractivity contribution in [3.8, 4) is 0 Å². The van der Waals surface area contributed by atoms with Crippen molar-refractivity contribution in [3.05, 3.63) is 83.7 Å². The summed E-state index contributed by atoms with van der Waals surface area (Å²) in [7, 11) is 0. The number of H-pyrrole nitrogens is 1. The standard InChI is InChI=1S/C20H18N4O/c1-14-6-8-15(9-7-14)12-24-13-17(16-4-2-3-5-18(16)24)20(25)22-19-10-11-21-23-19/h2-11,13H,12H2,1H3,(H2,21,22,23,25). The van der Waals surface area contributed by atoms with E-state index in [-0.39, 0.29) is 5.91 Å². The number of nitrogens with zero attached hydrogens (tertiary/aromatic N) is 2. The average molecular weight is 330 g/mol. The monoisotopic (exact) mass is 330 g/mol. The summed E-state index contributed by atoms with van der Waals surface area (Å²) in [6, 6.07) is 18.1. The summed E-state index contributed by atoms with van der Waals surface area (Å²) in [6.07, 6.45) is 3.52. The molecule has 0 aliphatic carbocycles. The SMILES string of the molecule is Cc1ccc(Cn2cc(C(=O)Nc3ccn[nH]3)c3ccccc32)cc1. The number of benzene rings is 2. The first-order chi connectivity index (χ1) is 12.2. The number of aryl methyl sites for hydroxylation is 1. The Morgan fingerprint density at radius 1 is 1.12 bits per heavy atom. The highest BCUT2D eigenvalue weighted by molar-refractivity contribution is 6.12. The first-order valence-electron chi connectivity index (χ1n) is 8.15. The van der Waals surface area contributed by atoms with E-state index >= 15 is 0 Å². The number of carbonyl (C=O) groups excluding carboxylic acids is 1. The number of para-hydroxylation sites is 1. The van der Waals surface area contributed by atoms with E-state index in [4.69, 9.17) is 0 Å². The van der Waals surface area contributed by atoms with Crippen LogP contribution in [0, 0.1) is 6.92 Å². The molecule has 2 heterocycles. The minimum Gasteiger partial charge on any atom is -0.342 e. The van der Waals surface area contributed by atoms with E-state index in [0.29, 0.717) is 11.4 Å². The molecule has 0 saturated carbocycles. The summed E-state index contributed by atoms with van der Waals surface area (Å²) in [4.78, 5) is 12.7. The minimum atomic E-state index is -0.150. The number of hydrogen-bond acceptors (Lipinski definition) is 2. The molecule has 124 valence electrons. The van der Waals surface area contributed by atoms with Gasteiger partial charge in [0.15, 0.2) is 0 Å². The Labute approximate surface area is 145 Å². The van der Waals surface area contributed by atoms with Crippen molar-refractivity contribution in [2.45, 2.75) is 13.5 Å². The molecule has 4 aromatic rings. The Balaban J connectivity index is 1.70. The summed E-state index contributed by atoms with van der Waals surface area (Å²) in [5.74, 6) is 0.434. The van der Waals surface area contributed by atoms with Crippen molar-refractivity contribution in [1.82, 2.24) is 14.8 Å². The molecule has 0 fully saturated rings. The predicted octanol–water partition coefficient (Wildman–Crippen LogP) is 3.97. The van der Waals surface area contributed by atoms with Crippen LogP contribution in [-0.4, -0.2) is 20.7 Å². The number of carbonyl (C=O) groups is 1. The topological polar surface area (TPSA) is 62.7 Å². The zero-order valence-electron chi connectivity index (χ0n) is 13.9. The molecule has 5 nitrogen and oxygen atoms in total. The molecule has 0 atom stereocenters. The van der Waals surface area contributed by atoms with Crippen molar-refractivity contribution >= 4 is 22.6 Å². The fraction of sp³-hybridized carbons (Fsp3) is 0.100. The van der Waals surface area contributed by atoms with Crippen LogP contribution >= 0.6 is 0 Å². The van der Waals surface area contributed by atoms with E-state index < -0.39 is 0 Å². The van der Waals surface area contributed by atoms with Crippen molar-refractivity contribution in [2.75, 3.05) is 5.32 Å². The van der Waals surface area contributed by atoms with Crippen LogP contribution in [0.2, 0.25) is 0 Å². The van der Waals surface area contributed by atoms with Crippen LogP contribution in [0.5, 0.6) is 0 Å². The largest absolute Gasteiger partial charge is 0.342 e. The third-order valence-corrected chi connectivity index (χ3v) is 4.26. The Bertz CT molecular complexity index is 1010. The molecule has 2 aromatic carbocycles.